The maximum atomic E-state index is 4.28. The molecule has 0 N–H and O–H groups in total. The van der Waals surface area contributed by atoms with Crippen molar-refractivity contribution < 1.29 is 4.58 Å². The van der Waals surface area contributed by atoms with Crippen molar-refractivity contribution in [3.8, 4) is 0 Å². The summed E-state index contributed by atoms with van der Waals surface area (Å²) in [6, 6.07) is 20.2. The molecule has 0 bridgehead atoms. The monoisotopic (exact) mass is 287 g/mol. The summed E-state index contributed by atoms with van der Waals surface area (Å²) < 4.78 is 2.05. The Kier molecular flexibility index (Phi) is 3.72. The summed E-state index contributed by atoms with van der Waals surface area (Å²) in [7, 11) is 0. The molecule has 0 unspecified atom stereocenters. The average Bonchev–Trinajstić information content (AvgIpc) is 2.53. The van der Waals surface area contributed by atoms with Crippen LogP contribution in [0.1, 0.15) is 30.5 Å². The fourth-order valence-electron chi connectivity index (χ4n) is 3.08. The van der Waals surface area contributed by atoms with Crippen LogP contribution in [0.3, 0.4) is 0 Å². The zero-order chi connectivity index (χ0) is 15.7. The Morgan fingerprint density at radius 3 is 2.23 bits per heavy atom. The number of rotatable bonds is 2. The molecule has 1 heterocycles. The van der Waals surface area contributed by atoms with E-state index in [2.05, 4.69) is 86.7 Å². The molecule has 1 nitrogen and oxygen atoms in total. The minimum absolute atomic E-state index is 1.16. The largest absolute Gasteiger partial charge is 0.268 e. The third kappa shape index (κ3) is 2.39. The Morgan fingerprint density at radius 1 is 0.909 bits per heavy atom. The Labute approximate surface area is 132 Å². The first-order valence-electron chi connectivity index (χ1n) is 7.58. The SMILES string of the molecule is C=[N+]1C(c2ccccc2C)=CC(C)=C(c2ccccc2)[C-]1C. The van der Waals surface area contributed by atoms with Crippen LogP contribution in [-0.4, -0.2) is 11.3 Å². The molecule has 0 spiro atoms. The van der Waals surface area contributed by atoms with E-state index in [9.17, 15) is 0 Å². The van der Waals surface area contributed by atoms with Gasteiger partial charge in [0.1, 0.15) is 11.7 Å². The van der Waals surface area contributed by atoms with Gasteiger partial charge >= 0.3 is 0 Å². The zero-order valence-corrected chi connectivity index (χ0v) is 13.4. The summed E-state index contributed by atoms with van der Waals surface area (Å²) in [5.41, 5.74) is 7.46. The molecule has 0 saturated carbocycles. The van der Waals surface area contributed by atoms with Gasteiger partial charge in [0, 0.05) is 5.56 Å². The fraction of sp³-hybridized carbons (Fsp3) is 0.143. The minimum Gasteiger partial charge on any atom is -0.268 e. The first-order valence-corrected chi connectivity index (χ1v) is 7.58. The first kappa shape index (κ1) is 14.4. The second-order valence-electron chi connectivity index (χ2n) is 5.78. The zero-order valence-electron chi connectivity index (χ0n) is 13.4. The third-order valence-corrected chi connectivity index (χ3v) is 4.29. The molecule has 22 heavy (non-hydrogen) atoms. The summed E-state index contributed by atoms with van der Waals surface area (Å²) in [6.07, 6.45) is 2.24. The fourth-order valence-corrected chi connectivity index (χ4v) is 3.08. The molecular weight excluding hydrogens is 266 g/mol. The number of allylic oxidation sites excluding steroid dienone is 2. The Morgan fingerprint density at radius 2 is 1.55 bits per heavy atom. The van der Waals surface area contributed by atoms with Gasteiger partial charge in [0.05, 0.1) is 6.72 Å². The first-order chi connectivity index (χ1) is 10.6. The standard InChI is InChI=1S/C21H21N/c1-15-10-8-9-13-19(15)20-14-16(2)21(17(3)22(20)4)18-11-6-5-7-12-18/h5-14H,4H2,1-3H3. The van der Waals surface area contributed by atoms with Crippen LogP contribution < -0.4 is 0 Å². The van der Waals surface area contributed by atoms with E-state index in [0.29, 0.717) is 0 Å². The van der Waals surface area contributed by atoms with Gasteiger partial charge in [-0.3, -0.25) is 4.58 Å². The van der Waals surface area contributed by atoms with Crippen molar-refractivity contribution in [2.45, 2.75) is 20.8 Å². The average molecular weight is 287 g/mol. The quantitative estimate of drug-likeness (QED) is 0.535. The topological polar surface area (TPSA) is 3.01 Å². The molecule has 2 aromatic rings. The molecule has 110 valence electrons. The lowest BCUT2D eigenvalue weighted by Gasteiger charge is -2.29. The molecule has 3 rings (SSSR count). The van der Waals surface area contributed by atoms with Crippen molar-refractivity contribution >= 4 is 18.0 Å². The molecule has 0 fully saturated rings. The van der Waals surface area contributed by atoms with Crippen LogP contribution in [-0.2, 0) is 0 Å². The van der Waals surface area contributed by atoms with E-state index in [1.807, 2.05) is 6.07 Å². The van der Waals surface area contributed by atoms with Gasteiger partial charge in [0.25, 0.3) is 0 Å². The van der Waals surface area contributed by atoms with Crippen molar-refractivity contribution in [1.29, 1.82) is 0 Å². The minimum atomic E-state index is 1.16. The van der Waals surface area contributed by atoms with E-state index in [-0.39, 0.29) is 0 Å². The second kappa shape index (κ2) is 5.69. The highest BCUT2D eigenvalue weighted by Gasteiger charge is 2.25. The number of aryl methyl sites for hydroxylation is 1. The lowest BCUT2D eigenvalue weighted by molar-refractivity contribution is -0.394. The molecule has 1 heteroatoms. The van der Waals surface area contributed by atoms with Gasteiger partial charge in [0.15, 0.2) is 0 Å². The van der Waals surface area contributed by atoms with E-state index in [1.54, 1.807) is 0 Å². The van der Waals surface area contributed by atoms with Gasteiger partial charge in [-0.2, -0.15) is 0 Å². The lowest BCUT2D eigenvalue weighted by atomic mass is 9.89. The second-order valence-corrected chi connectivity index (χ2v) is 5.78. The van der Waals surface area contributed by atoms with Gasteiger partial charge in [-0.15, -0.1) is 5.57 Å². The van der Waals surface area contributed by atoms with Crippen molar-refractivity contribution in [2.24, 2.45) is 0 Å². The molecule has 0 aliphatic carbocycles. The molecule has 0 saturated heterocycles. The van der Waals surface area contributed by atoms with Crippen LogP contribution in [0.5, 0.6) is 0 Å². The molecule has 0 aromatic heterocycles. The Bertz CT molecular complexity index is 779. The highest BCUT2D eigenvalue weighted by atomic mass is 15.0. The van der Waals surface area contributed by atoms with Gasteiger partial charge < -0.3 is 0 Å². The van der Waals surface area contributed by atoms with Crippen LogP contribution in [0.25, 0.3) is 11.3 Å². The Balaban J connectivity index is 2.15. The number of hydrogen-bond donors (Lipinski definition) is 0. The summed E-state index contributed by atoms with van der Waals surface area (Å²) in [6.45, 7) is 10.7. The van der Waals surface area contributed by atoms with Crippen LogP contribution in [0.2, 0.25) is 0 Å². The molecule has 2 aromatic carbocycles. The van der Waals surface area contributed by atoms with Crippen LogP contribution >= 0.6 is 0 Å². The predicted octanol–water partition coefficient (Wildman–Crippen LogP) is 5.09. The summed E-state index contributed by atoms with van der Waals surface area (Å²) in [4.78, 5) is 0. The van der Waals surface area contributed by atoms with Crippen molar-refractivity contribution in [1.82, 2.24) is 0 Å². The van der Waals surface area contributed by atoms with Gasteiger partial charge in [-0.25, -0.2) is 0 Å². The van der Waals surface area contributed by atoms with E-state index < -0.39 is 0 Å². The highest BCUT2D eigenvalue weighted by Crippen LogP contribution is 2.38. The highest BCUT2D eigenvalue weighted by molar-refractivity contribution is 5.84. The molecule has 1 aliphatic rings. The lowest BCUT2D eigenvalue weighted by Crippen LogP contribution is -2.20. The van der Waals surface area contributed by atoms with Gasteiger partial charge in [-0.1, -0.05) is 73.2 Å². The van der Waals surface area contributed by atoms with Crippen molar-refractivity contribution in [2.75, 3.05) is 0 Å². The summed E-state index contributed by atoms with van der Waals surface area (Å²) >= 11 is 0. The maximum absolute atomic E-state index is 4.28. The number of nitrogens with zero attached hydrogens (tertiary/aromatic N) is 1. The smallest absolute Gasteiger partial charge is 0.148 e. The number of benzene rings is 2. The molecule has 0 atom stereocenters. The maximum Gasteiger partial charge on any atom is 0.148 e. The summed E-state index contributed by atoms with van der Waals surface area (Å²) in [5.74, 6) is 0. The molecule has 0 radical (unpaired) electrons. The van der Waals surface area contributed by atoms with Gasteiger partial charge in [-0.05, 0) is 25.0 Å². The van der Waals surface area contributed by atoms with Crippen LogP contribution in [0.4, 0.5) is 0 Å². The Hall–Kier alpha value is -2.54. The van der Waals surface area contributed by atoms with Crippen molar-refractivity contribution in [3.63, 3.8) is 0 Å². The molecule has 1 aliphatic heterocycles. The van der Waals surface area contributed by atoms with E-state index in [4.69, 9.17) is 0 Å². The molecular formula is C21H21N. The van der Waals surface area contributed by atoms with Crippen LogP contribution in [0.15, 0.2) is 66.2 Å². The van der Waals surface area contributed by atoms with Crippen LogP contribution in [0, 0.1) is 13.0 Å². The van der Waals surface area contributed by atoms with E-state index >= 15 is 0 Å². The van der Waals surface area contributed by atoms with Crippen molar-refractivity contribution in [3.05, 3.63) is 89.0 Å². The van der Waals surface area contributed by atoms with E-state index in [1.165, 1.54) is 33.9 Å². The summed E-state index contributed by atoms with van der Waals surface area (Å²) in [5, 5.41) is 0. The predicted molar refractivity (Wildman–Crippen MR) is 94.5 cm³/mol. The van der Waals surface area contributed by atoms with Gasteiger partial charge in [0.2, 0.25) is 0 Å². The third-order valence-electron chi connectivity index (χ3n) is 4.29. The number of hydrogen-bond acceptors (Lipinski definition) is 0. The van der Waals surface area contributed by atoms with E-state index in [0.717, 1.165) is 5.70 Å². The normalized spacial score (nSPS) is 15.1. The molecule has 0 amide bonds.